The van der Waals surface area contributed by atoms with Crippen LogP contribution in [0, 0.1) is 5.82 Å². The molecule has 0 aliphatic rings. The summed E-state index contributed by atoms with van der Waals surface area (Å²) in [6.45, 7) is 0. The summed E-state index contributed by atoms with van der Waals surface area (Å²) >= 11 is 1.42. The van der Waals surface area contributed by atoms with Crippen LogP contribution in [0.5, 0.6) is 0 Å². The van der Waals surface area contributed by atoms with Crippen molar-refractivity contribution < 1.29 is 4.39 Å². The second-order valence-corrected chi connectivity index (χ2v) is 4.69. The van der Waals surface area contributed by atoms with Gasteiger partial charge in [-0.05, 0) is 18.2 Å². The van der Waals surface area contributed by atoms with Gasteiger partial charge < -0.3 is 5.32 Å². The lowest BCUT2D eigenvalue weighted by molar-refractivity contribution is 0.630. The van der Waals surface area contributed by atoms with Gasteiger partial charge in [-0.3, -0.25) is 4.68 Å². The standard InChI is InChI=1S/C11H9FN4S/c1-16-6-8(5-13-16)14-11-15-9-3-2-7(12)4-10(9)17-11/h2-6H,1H3,(H,14,15). The number of fused-ring (bicyclic) bond motifs is 1. The van der Waals surface area contributed by atoms with Crippen molar-refractivity contribution in [2.45, 2.75) is 0 Å². The van der Waals surface area contributed by atoms with Crippen LogP contribution in [0.4, 0.5) is 15.2 Å². The number of aryl methyl sites for hydroxylation is 1. The Morgan fingerprint density at radius 2 is 2.29 bits per heavy atom. The van der Waals surface area contributed by atoms with Crippen LogP contribution in [-0.4, -0.2) is 14.8 Å². The van der Waals surface area contributed by atoms with Crippen LogP contribution >= 0.6 is 11.3 Å². The Balaban J connectivity index is 1.95. The molecule has 0 bridgehead atoms. The van der Waals surface area contributed by atoms with E-state index in [9.17, 15) is 4.39 Å². The number of nitrogens with one attached hydrogen (secondary N) is 1. The van der Waals surface area contributed by atoms with E-state index in [-0.39, 0.29) is 5.82 Å². The maximum absolute atomic E-state index is 13.0. The molecule has 0 spiro atoms. The molecule has 2 aromatic heterocycles. The number of hydrogen-bond acceptors (Lipinski definition) is 4. The van der Waals surface area contributed by atoms with E-state index in [1.165, 1.54) is 23.5 Å². The molecule has 0 radical (unpaired) electrons. The number of thiazole rings is 1. The lowest BCUT2D eigenvalue weighted by Crippen LogP contribution is -1.87. The number of benzene rings is 1. The van der Waals surface area contributed by atoms with Gasteiger partial charge in [0, 0.05) is 13.2 Å². The summed E-state index contributed by atoms with van der Waals surface area (Å²) in [6, 6.07) is 4.58. The molecule has 0 aliphatic heterocycles. The van der Waals surface area contributed by atoms with E-state index >= 15 is 0 Å². The third-order valence-electron chi connectivity index (χ3n) is 2.31. The summed E-state index contributed by atoms with van der Waals surface area (Å²) in [4.78, 5) is 4.36. The Morgan fingerprint density at radius 1 is 1.41 bits per heavy atom. The van der Waals surface area contributed by atoms with Gasteiger partial charge in [-0.2, -0.15) is 5.10 Å². The van der Waals surface area contributed by atoms with Gasteiger partial charge in [0.25, 0.3) is 0 Å². The molecule has 86 valence electrons. The topological polar surface area (TPSA) is 42.7 Å². The number of halogens is 1. The Labute approximate surface area is 101 Å². The first kappa shape index (κ1) is 10.2. The van der Waals surface area contributed by atoms with Crippen LogP contribution in [0.3, 0.4) is 0 Å². The van der Waals surface area contributed by atoms with E-state index in [0.29, 0.717) is 0 Å². The monoisotopic (exact) mass is 248 g/mol. The normalized spacial score (nSPS) is 10.9. The molecular formula is C11H9FN4S. The van der Waals surface area contributed by atoms with Crippen LogP contribution in [0.25, 0.3) is 10.2 Å². The zero-order valence-corrected chi connectivity index (χ0v) is 9.83. The van der Waals surface area contributed by atoms with Crippen molar-refractivity contribution in [3.8, 4) is 0 Å². The molecule has 0 fully saturated rings. The molecule has 1 N–H and O–H groups in total. The molecule has 17 heavy (non-hydrogen) atoms. The number of anilines is 2. The average molecular weight is 248 g/mol. The van der Waals surface area contributed by atoms with E-state index in [1.54, 1.807) is 16.9 Å². The first-order valence-corrected chi connectivity index (χ1v) is 5.84. The second kappa shape index (κ2) is 3.81. The van der Waals surface area contributed by atoms with E-state index in [2.05, 4.69) is 15.4 Å². The van der Waals surface area contributed by atoms with E-state index in [1.807, 2.05) is 13.2 Å². The molecule has 0 saturated carbocycles. The molecule has 2 heterocycles. The zero-order chi connectivity index (χ0) is 11.8. The fourth-order valence-electron chi connectivity index (χ4n) is 1.56. The molecular weight excluding hydrogens is 239 g/mol. The molecule has 3 aromatic rings. The van der Waals surface area contributed by atoms with Crippen molar-refractivity contribution in [1.82, 2.24) is 14.8 Å². The molecule has 0 saturated heterocycles. The molecule has 0 amide bonds. The van der Waals surface area contributed by atoms with Crippen molar-refractivity contribution in [3.05, 3.63) is 36.4 Å². The van der Waals surface area contributed by atoms with Crippen molar-refractivity contribution in [3.63, 3.8) is 0 Å². The Hall–Kier alpha value is -1.95. The van der Waals surface area contributed by atoms with Crippen molar-refractivity contribution in [2.24, 2.45) is 7.05 Å². The molecule has 4 nitrogen and oxygen atoms in total. The summed E-state index contributed by atoms with van der Waals surface area (Å²) < 4.78 is 15.6. The van der Waals surface area contributed by atoms with Gasteiger partial charge in [0.15, 0.2) is 5.13 Å². The molecule has 0 unspecified atom stereocenters. The third-order valence-corrected chi connectivity index (χ3v) is 3.24. The minimum absolute atomic E-state index is 0.242. The van der Waals surface area contributed by atoms with Gasteiger partial charge in [0.05, 0.1) is 22.1 Å². The lowest BCUT2D eigenvalue weighted by Gasteiger charge is -1.94. The summed E-state index contributed by atoms with van der Waals surface area (Å²) in [7, 11) is 1.85. The van der Waals surface area contributed by atoms with Gasteiger partial charge in [-0.25, -0.2) is 9.37 Å². The number of hydrogen-bond donors (Lipinski definition) is 1. The van der Waals surface area contributed by atoms with Gasteiger partial charge in [-0.1, -0.05) is 11.3 Å². The highest BCUT2D eigenvalue weighted by Gasteiger charge is 2.05. The van der Waals surface area contributed by atoms with Crippen molar-refractivity contribution in [2.75, 3.05) is 5.32 Å². The van der Waals surface area contributed by atoms with Gasteiger partial charge in [-0.15, -0.1) is 0 Å². The Morgan fingerprint density at radius 3 is 3.06 bits per heavy atom. The summed E-state index contributed by atoms with van der Waals surface area (Å²) in [5.74, 6) is -0.242. The highest BCUT2D eigenvalue weighted by atomic mass is 32.1. The SMILES string of the molecule is Cn1cc(Nc2nc3ccc(F)cc3s2)cn1. The van der Waals surface area contributed by atoms with Crippen LogP contribution < -0.4 is 5.32 Å². The van der Waals surface area contributed by atoms with Crippen LogP contribution in [-0.2, 0) is 7.05 Å². The Bertz CT molecular complexity index is 673. The van der Waals surface area contributed by atoms with E-state index in [4.69, 9.17) is 0 Å². The molecule has 0 aliphatic carbocycles. The summed E-state index contributed by atoms with van der Waals surface area (Å²) in [5, 5.41) is 7.92. The average Bonchev–Trinajstić information content (AvgIpc) is 2.84. The quantitative estimate of drug-likeness (QED) is 0.758. The smallest absolute Gasteiger partial charge is 0.188 e. The largest absolute Gasteiger partial charge is 0.329 e. The second-order valence-electron chi connectivity index (χ2n) is 3.66. The van der Waals surface area contributed by atoms with Crippen molar-refractivity contribution >= 4 is 32.4 Å². The number of aromatic nitrogens is 3. The third kappa shape index (κ3) is 1.99. The Kier molecular flexibility index (Phi) is 2.29. The predicted molar refractivity (Wildman–Crippen MR) is 66.1 cm³/mol. The fraction of sp³-hybridized carbons (Fsp3) is 0.0909. The van der Waals surface area contributed by atoms with Gasteiger partial charge in [0.1, 0.15) is 5.82 Å². The summed E-state index contributed by atoms with van der Waals surface area (Å²) in [5.41, 5.74) is 1.66. The lowest BCUT2D eigenvalue weighted by atomic mass is 10.3. The predicted octanol–water partition coefficient (Wildman–Crippen LogP) is 2.91. The summed E-state index contributed by atoms with van der Waals surface area (Å²) in [6.07, 6.45) is 3.57. The van der Waals surface area contributed by atoms with Crippen molar-refractivity contribution in [1.29, 1.82) is 0 Å². The fourth-order valence-corrected chi connectivity index (χ4v) is 2.47. The maximum atomic E-state index is 13.0. The van der Waals surface area contributed by atoms with Crippen LogP contribution in [0.1, 0.15) is 0 Å². The van der Waals surface area contributed by atoms with Gasteiger partial charge >= 0.3 is 0 Å². The van der Waals surface area contributed by atoms with Crippen LogP contribution in [0.15, 0.2) is 30.6 Å². The molecule has 3 rings (SSSR count). The van der Waals surface area contributed by atoms with E-state index in [0.717, 1.165) is 21.0 Å². The number of rotatable bonds is 2. The maximum Gasteiger partial charge on any atom is 0.188 e. The minimum Gasteiger partial charge on any atom is -0.329 e. The van der Waals surface area contributed by atoms with Crippen LogP contribution in [0.2, 0.25) is 0 Å². The van der Waals surface area contributed by atoms with E-state index < -0.39 is 0 Å². The zero-order valence-electron chi connectivity index (χ0n) is 9.01. The molecule has 6 heteroatoms. The minimum atomic E-state index is -0.242. The highest BCUT2D eigenvalue weighted by Crippen LogP contribution is 2.28. The number of nitrogens with zero attached hydrogens (tertiary/aromatic N) is 3. The first-order valence-electron chi connectivity index (χ1n) is 5.02. The highest BCUT2D eigenvalue weighted by molar-refractivity contribution is 7.22. The van der Waals surface area contributed by atoms with Gasteiger partial charge in [0.2, 0.25) is 0 Å². The molecule has 1 aromatic carbocycles. The molecule has 0 atom stereocenters. The first-order chi connectivity index (χ1) is 8.20.